The van der Waals surface area contributed by atoms with E-state index in [-0.39, 0.29) is 5.97 Å². The molecule has 0 radical (unpaired) electrons. The van der Waals surface area contributed by atoms with E-state index in [9.17, 15) is 4.79 Å². The zero-order valence-corrected chi connectivity index (χ0v) is 17.7. The number of esters is 1. The molecule has 1 aromatic rings. The van der Waals surface area contributed by atoms with Gasteiger partial charge in [0, 0.05) is 10.5 Å². The van der Waals surface area contributed by atoms with Gasteiger partial charge in [-0.05, 0) is 58.2 Å². The molecule has 0 heterocycles. The lowest BCUT2D eigenvalue weighted by Crippen LogP contribution is -2.25. The van der Waals surface area contributed by atoms with Crippen LogP contribution in [0.4, 0.5) is 0 Å². The number of rotatable bonds is 1. The summed E-state index contributed by atoms with van der Waals surface area (Å²) in [5, 5.41) is 0. The van der Waals surface area contributed by atoms with Crippen molar-refractivity contribution in [1.29, 1.82) is 0 Å². The lowest BCUT2D eigenvalue weighted by Gasteiger charge is -2.23. The highest BCUT2D eigenvalue weighted by molar-refractivity contribution is 7.80. The van der Waals surface area contributed by atoms with Crippen LogP contribution in [0.5, 0.6) is 0 Å². The highest BCUT2D eigenvalue weighted by Crippen LogP contribution is 2.30. The maximum Gasteiger partial charge on any atom is 0.339 e. The normalized spacial score (nSPS) is 11.7. The summed E-state index contributed by atoms with van der Waals surface area (Å²) in [5.41, 5.74) is 7.13. The topological polar surface area (TPSA) is 26.3 Å². The Morgan fingerprint density at radius 1 is 1.04 bits per heavy atom. The maximum absolute atomic E-state index is 12.6. The summed E-state index contributed by atoms with van der Waals surface area (Å²) in [4.78, 5) is 13.4. The van der Waals surface area contributed by atoms with Crippen LogP contribution >= 0.6 is 12.6 Å². The zero-order chi connectivity index (χ0) is 18.2. The van der Waals surface area contributed by atoms with Crippen LogP contribution in [0, 0.1) is 32.2 Å². The van der Waals surface area contributed by atoms with E-state index in [2.05, 4.69) is 43.7 Å². The van der Waals surface area contributed by atoms with Gasteiger partial charge < -0.3 is 4.74 Å². The molecule has 0 amide bonds. The van der Waals surface area contributed by atoms with Crippen molar-refractivity contribution in [3.05, 3.63) is 27.8 Å². The van der Waals surface area contributed by atoms with Crippen LogP contribution in [0.3, 0.4) is 0 Å². The number of carbonyl (C=O) groups excluding carboxylic acids is 1. The summed E-state index contributed by atoms with van der Waals surface area (Å²) < 4.78 is 5.57. The highest BCUT2D eigenvalue weighted by atomic mass is 32.1. The molecule has 0 aliphatic carbocycles. The fourth-order valence-corrected chi connectivity index (χ4v) is 3.00. The minimum atomic E-state index is -1.50. The van der Waals surface area contributed by atoms with E-state index in [1.807, 2.05) is 41.5 Å². The zero-order valence-electron chi connectivity index (χ0n) is 15.8. The summed E-state index contributed by atoms with van der Waals surface area (Å²) in [5.74, 6) is 3.00. The molecule has 0 fully saturated rings. The maximum atomic E-state index is 12.6. The lowest BCUT2D eigenvalue weighted by molar-refractivity contribution is 0.00676. The summed E-state index contributed by atoms with van der Waals surface area (Å²) in [6, 6.07) is 0. The number of carbonyl (C=O) groups is 1. The number of ether oxygens (including phenoxy) is 1. The van der Waals surface area contributed by atoms with Gasteiger partial charge in [-0.1, -0.05) is 25.6 Å². The van der Waals surface area contributed by atoms with E-state index in [0.717, 1.165) is 27.1 Å². The van der Waals surface area contributed by atoms with Gasteiger partial charge >= 0.3 is 5.97 Å². The third-order valence-electron chi connectivity index (χ3n) is 3.38. The number of thiol groups is 1. The first-order chi connectivity index (χ1) is 10.2. The average Bonchev–Trinajstić information content (AvgIpc) is 2.32. The fraction of sp³-hybridized carbons (Fsp3) is 0.526. The van der Waals surface area contributed by atoms with Crippen molar-refractivity contribution < 1.29 is 9.53 Å². The van der Waals surface area contributed by atoms with E-state index in [1.54, 1.807) is 0 Å². The van der Waals surface area contributed by atoms with E-state index in [1.165, 1.54) is 0 Å². The van der Waals surface area contributed by atoms with Crippen LogP contribution in [0.1, 0.15) is 53.4 Å². The molecule has 0 aromatic heterocycles. The molecule has 0 N–H and O–H groups in total. The molecule has 0 aliphatic heterocycles. The molecular formula is C19H28O2SSi. The lowest BCUT2D eigenvalue weighted by atomic mass is 9.93. The minimum absolute atomic E-state index is 0.307. The molecule has 0 saturated carbocycles. The summed E-state index contributed by atoms with van der Waals surface area (Å²) in [6.07, 6.45) is 0. The van der Waals surface area contributed by atoms with Gasteiger partial charge in [-0.25, -0.2) is 4.79 Å². The molecule has 4 heteroatoms. The van der Waals surface area contributed by atoms with Crippen LogP contribution in [-0.2, 0) is 4.74 Å². The molecule has 2 nitrogen and oxygen atoms in total. The number of hydrogen-bond donors (Lipinski definition) is 1. The fourth-order valence-electron chi connectivity index (χ4n) is 2.28. The Bertz CT molecular complexity index is 696. The van der Waals surface area contributed by atoms with Gasteiger partial charge in [0.05, 0.1) is 5.56 Å². The van der Waals surface area contributed by atoms with Crippen LogP contribution < -0.4 is 0 Å². The Hall–Kier alpha value is -1.18. The molecule has 1 aromatic carbocycles. The molecular weight excluding hydrogens is 320 g/mol. The first-order valence-corrected chi connectivity index (χ1v) is 11.8. The Labute approximate surface area is 147 Å². The van der Waals surface area contributed by atoms with E-state index >= 15 is 0 Å². The smallest absolute Gasteiger partial charge is 0.339 e. The molecule has 126 valence electrons. The molecule has 23 heavy (non-hydrogen) atoms. The largest absolute Gasteiger partial charge is 0.456 e. The molecule has 0 unspecified atom stereocenters. The Kier molecular flexibility index (Phi) is 5.82. The van der Waals surface area contributed by atoms with Crippen LogP contribution in [0.15, 0.2) is 4.90 Å². The number of hydrogen-bond acceptors (Lipinski definition) is 3. The van der Waals surface area contributed by atoms with Gasteiger partial charge in [-0.15, -0.1) is 18.2 Å². The van der Waals surface area contributed by atoms with E-state index in [0.29, 0.717) is 5.56 Å². The van der Waals surface area contributed by atoms with Crippen molar-refractivity contribution in [3.8, 4) is 11.5 Å². The van der Waals surface area contributed by atoms with Gasteiger partial charge in [-0.3, -0.25) is 0 Å². The van der Waals surface area contributed by atoms with E-state index in [4.69, 9.17) is 4.74 Å². The third kappa shape index (κ3) is 5.15. The van der Waals surface area contributed by atoms with Gasteiger partial charge in [0.2, 0.25) is 0 Å². The molecule has 0 atom stereocenters. The van der Waals surface area contributed by atoms with Gasteiger partial charge in [-0.2, -0.15) is 0 Å². The third-order valence-corrected chi connectivity index (χ3v) is 4.92. The molecule has 0 aliphatic rings. The predicted octanol–water partition coefficient (Wildman–Crippen LogP) is 5.08. The SMILES string of the molecule is Cc1c(S)c(C)c(C(=O)OC(C)(C)C)c(C)c1C#C[Si](C)(C)C. The Morgan fingerprint density at radius 2 is 1.57 bits per heavy atom. The monoisotopic (exact) mass is 348 g/mol. The van der Waals surface area contributed by atoms with Gasteiger partial charge in [0.1, 0.15) is 13.7 Å². The second kappa shape index (κ2) is 6.74. The van der Waals surface area contributed by atoms with Gasteiger partial charge in [0.15, 0.2) is 0 Å². The minimum Gasteiger partial charge on any atom is -0.456 e. The second-order valence-electron chi connectivity index (χ2n) is 7.98. The van der Waals surface area contributed by atoms with Crippen LogP contribution in [-0.4, -0.2) is 19.6 Å². The van der Waals surface area contributed by atoms with E-state index < -0.39 is 13.7 Å². The van der Waals surface area contributed by atoms with Crippen molar-refractivity contribution in [2.24, 2.45) is 0 Å². The summed E-state index contributed by atoms with van der Waals surface area (Å²) >= 11 is 4.61. The standard InChI is InChI=1S/C19H28O2SSi/c1-12-15(10-11-23(7,8)9)13(2)17(22)14(3)16(12)18(20)21-19(4,5)6/h22H,1-9H3. The second-order valence-corrected chi connectivity index (χ2v) is 13.2. The Balaban J connectivity index is 3.58. The van der Waals surface area contributed by atoms with Crippen LogP contribution in [0.2, 0.25) is 19.6 Å². The van der Waals surface area contributed by atoms with Gasteiger partial charge in [0.25, 0.3) is 0 Å². The molecule has 0 spiro atoms. The van der Waals surface area contributed by atoms with Crippen molar-refractivity contribution in [3.63, 3.8) is 0 Å². The number of benzene rings is 1. The van der Waals surface area contributed by atoms with Crippen molar-refractivity contribution in [2.75, 3.05) is 0 Å². The first-order valence-electron chi connectivity index (χ1n) is 7.84. The predicted molar refractivity (Wildman–Crippen MR) is 103 cm³/mol. The van der Waals surface area contributed by atoms with Crippen LogP contribution in [0.25, 0.3) is 0 Å². The van der Waals surface area contributed by atoms with Crippen molar-refractivity contribution in [1.82, 2.24) is 0 Å². The summed E-state index contributed by atoms with van der Waals surface area (Å²) in [6.45, 7) is 18.1. The first kappa shape index (κ1) is 19.9. The van der Waals surface area contributed by atoms with Crippen molar-refractivity contribution >= 4 is 26.7 Å². The average molecular weight is 349 g/mol. The molecule has 0 saturated heterocycles. The Morgan fingerprint density at radius 3 is 2.00 bits per heavy atom. The van der Waals surface area contributed by atoms with Crippen molar-refractivity contribution in [2.45, 2.75) is 71.7 Å². The highest BCUT2D eigenvalue weighted by Gasteiger charge is 2.24. The summed E-state index contributed by atoms with van der Waals surface area (Å²) in [7, 11) is -1.50. The quantitative estimate of drug-likeness (QED) is 0.331. The molecule has 0 bridgehead atoms. The molecule has 1 rings (SSSR count).